The van der Waals surface area contributed by atoms with Gasteiger partial charge in [0.2, 0.25) is 0 Å². The van der Waals surface area contributed by atoms with Crippen LogP contribution in [-0.2, 0) is 9.47 Å². The van der Waals surface area contributed by atoms with E-state index in [2.05, 4.69) is 17.6 Å². The third kappa shape index (κ3) is 5.84. The highest BCUT2D eigenvalue weighted by Crippen LogP contribution is 2.24. The van der Waals surface area contributed by atoms with Gasteiger partial charge in [0.1, 0.15) is 12.7 Å². The van der Waals surface area contributed by atoms with Crippen molar-refractivity contribution in [3.8, 4) is 0 Å². The summed E-state index contributed by atoms with van der Waals surface area (Å²) in [5, 5.41) is 9.52. The molecule has 174 valence electrons. The summed E-state index contributed by atoms with van der Waals surface area (Å²) in [5.41, 5.74) is 1.34. The minimum absolute atomic E-state index is 0.0282. The molecule has 2 N–H and O–H groups in total. The lowest BCUT2D eigenvalue weighted by atomic mass is 10.1. The van der Waals surface area contributed by atoms with Gasteiger partial charge in [0.15, 0.2) is 0 Å². The molecule has 0 aromatic heterocycles. The van der Waals surface area contributed by atoms with Gasteiger partial charge in [-0.25, -0.2) is 9.59 Å². The van der Waals surface area contributed by atoms with Crippen molar-refractivity contribution in [3.05, 3.63) is 84.9 Å². The van der Waals surface area contributed by atoms with Crippen LogP contribution >= 0.6 is 0 Å². The molecule has 0 aliphatic rings. The molecule has 2 amide bonds. The molecular formula is C28H28N2O4. The van der Waals surface area contributed by atoms with Gasteiger partial charge in [-0.1, -0.05) is 86.1 Å². The smallest absolute Gasteiger partial charge is 0.412 e. The maximum Gasteiger partial charge on any atom is 0.412 e. The van der Waals surface area contributed by atoms with E-state index < -0.39 is 18.3 Å². The molecule has 1 atom stereocenters. The minimum Gasteiger partial charge on any atom is -0.445 e. The van der Waals surface area contributed by atoms with E-state index in [0.717, 1.165) is 34.4 Å². The number of nitrogens with one attached hydrogen (secondary N) is 2. The van der Waals surface area contributed by atoms with E-state index in [9.17, 15) is 9.59 Å². The Morgan fingerprint density at radius 1 is 0.735 bits per heavy atom. The lowest BCUT2D eigenvalue weighted by molar-refractivity contribution is 0.0501. The Kier molecular flexibility index (Phi) is 7.60. The van der Waals surface area contributed by atoms with Gasteiger partial charge < -0.3 is 9.47 Å². The normalized spacial score (nSPS) is 11.7. The van der Waals surface area contributed by atoms with Gasteiger partial charge in [-0.2, -0.15) is 0 Å². The Hall–Kier alpha value is -4.06. The maximum absolute atomic E-state index is 12.6. The van der Waals surface area contributed by atoms with Crippen LogP contribution in [0.4, 0.5) is 21.0 Å². The Morgan fingerprint density at radius 3 is 1.85 bits per heavy atom. The van der Waals surface area contributed by atoms with Crippen molar-refractivity contribution >= 4 is 45.1 Å². The molecule has 0 aliphatic carbocycles. The maximum atomic E-state index is 12.6. The fourth-order valence-corrected chi connectivity index (χ4v) is 3.88. The summed E-state index contributed by atoms with van der Waals surface area (Å²) in [5.74, 6) is 0. The summed E-state index contributed by atoms with van der Waals surface area (Å²) in [6, 6.07) is 27.0. The van der Waals surface area contributed by atoms with Crippen LogP contribution in [0.3, 0.4) is 0 Å². The van der Waals surface area contributed by atoms with Crippen molar-refractivity contribution < 1.29 is 19.1 Å². The number of fused-ring (bicyclic) bond motifs is 2. The van der Waals surface area contributed by atoms with E-state index in [-0.39, 0.29) is 6.61 Å². The molecular weight excluding hydrogens is 428 g/mol. The summed E-state index contributed by atoms with van der Waals surface area (Å²) in [7, 11) is 0. The number of carbonyl (C=O) groups excluding carboxylic acids is 2. The van der Waals surface area contributed by atoms with E-state index in [0.29, 0.717) is 17.8 Å². The molecule has 0 saturated heterocycles. The largest absolute Gasteiger partial charge is 0.445 e. The second kappa shape index (κ2) is 11.2. The second-order valence-corrected chi connectivity index (χ2v) is 8.07. The number of anilines is 2. The molecule has 34 heavy (non-hydrogen) atoms. The molecule has 0 spiro atoms. The monoisotopic (exact) mass is 456 g/mol. The van der Waals surface area contributed by atoms with Crippen LogP contribution in [0, 0.1) is 0 Å². The van der Waals surface area contributed by atoms with Crippen LogP contribution in [0.5, 0.6) is 0 Å². The zero-order chi connectivity index (χ0) is 23.8. The zero-order valence-corrected chi connectivity index (χ0v) is 19.1. The number of unbranched alkanes of at least 4 members (excludes halogenated alkanes) is 1. The standard InChI is InChI=1S/C28H28N2O4/c1-2-3-14-22(34-28(32)30-26-18-9-13-21-11-5-7-16-24(21)26)19-33-27(31)29-25-17-8-12-20-10-4-6-15-23(20)25/h4-13,15-18,22H,2-3,14,19H2,1H3,(H,29,31)(H,30,32)/t22-/m0/s1. The van der Waals surface area contributed by atoms with Crippen molar-refractivity contribution in [2.45, 2.75) is 32.3 Å². The summed E-state index contributed by atoms with van der Waals surface area (Å²) < 4.78 is 11.0. The summed E-state index contributed by atoms with van der Waals surface area (Å²) in [4.78, 5) is 25.1. The SMILES string of the molecule is CCCC[C@@H](COC(=O)Nc1cccc2ccccc12)OC(=O)Nc1cccc2ccccc12. The first-order valence-electron chi connectivity index (χ1n) is 11.5. The molecule has 6 heteroatoms. The average Bonchev–Trinajstić information content (AvgIpc) is 2.86. The van der Waals surface area contributed by atoms with E-state index in [1.54, 1.807) is 0 Å². The molecule has 0 fully saturated rings. The topological polar surface area (TPSA) is 76.7 Å². The van der Waals surface area contributed by atoms with Crippen molar-refractivity contribution in [1.29, 1.82) is 0 Å². The number of rotatable bonds is 8. The van der Waals surface area contributed by atoms with Gasteiger partial charge in [0.05, 0.1) is 11.4 Å². The van der Waals surface area contributed by atoms with Crippen molar-refractivity contribution in [3.63, 3.8) is 0 Å². The van der Waals surface area contributed by atoms with Crippen LogP contribution < -0.4 is 10.6 Å². The van der Waals surface area contributed by atoms with Crippen LogP contribution in [0.15, 0.2) is 84.9 Å². The summed E-state index contributed by atoms with van der Waals surface area (Å²) in [6.45, 7) is 2.03. The Labute approximate surface area is 198 Å². The third-order valence-electron chi connectivity index (χ3n) is 5.61. The molecule has 0 bridgehead atoms. The van der Waals surface area contributed by atoms with Gasteiger partial charge in [-0.15, -0.1) is 0 Å². The molecule has 4 aromatic rings. The predicted octanol–water partition coefficient (Wildman–Crippen LogP) is 7.35. The molecule has 0 heterocycles. The first-order valence-corrected chi connectivity index (χ1v) is 11.5. The molecule has 4 rings (SSSR count). The van der Waals surface area contributed by atoms with E-state index in [4.69, 9.17) is 9.47 Å². The van der Waals surface area contributed by atoms with Crippen molar-refractivity contribution in [2.75, 3.05) is 17.2 Å². The average molecular weight is 457 g/mol. The third-order valence-corrected chi connectivity index (χ3v) is 5.61. The molecule has 0 unspecified atom stereocenters. The van der Waals surface area contributed by atoms with Crippen molar-refractivity contribution in [2.24, 2.45) is 0 Å². The van der Waals surface area contributed by atoms with Gasteiger partial charge in [-0.3, -0.25) is 10.6 Å². The van der Waals surface area contributed by atoms with Gasteiger partial charge in [-0.05, 0) is 35.7 Å². The number of ether oxygens (including phenoxy) is 2. The molecule has 0 saturated carbocycles. The molecule has 0 radical (unpaired) electrons. The minimum atomic E-state index is -0.587. The fraction of sp³-hybridized carbons (Fsp3) is 0.214. The molecule has 4 aromatic carbocycles. The van der Waals surface area contributed by atoms with Crippen molar-refractivity contribution in [1.82, 2.24) is 0 Å². The molecule has 0 aliphatic heterocycles. The van der Waals surface area contributed by atoms with Gasteiger partial charge in [0, 0.05) is 10.8 Å². The van der Waals surface area contributed by atoms with E-state index in [1.165, 1.54) is 0 Å². The van der Waals surface area contributed by atoms with Crippen LogP contribution in [-0.4, -0.2) is 24.9 Å². The zero-order valence-electron chi connectivity index (χ0n) is 19.1. The predicted molar refractivity (Wildman–Crippen MR) is 136 cm³/mol. The second-order valence-electron chi connectivity index (χ2n) is 8.07. The van der Waals surface area contributed by atoms with Gasteiger partial charge >= 0.3 is 12.2 Å². The first kappa shape index (κ1) is 23.1. The lowest BCUT2D eigenvalue weighted by Crippen LogP contribution is -2.29. The quantitative estimate of drug-likeness (QED) is 0.291. The number of hydrogen-bond acceptors (Lipinski definition) is 4. The molecule has 6 nitrogen and oxygen atoms in total. The number of benzene rings is 4. The lowest BCUT2D eigenvalue weighted by Gasteiger charge is -2.19. The Bertz CT molecular complexity index is 1280. The highest BCUT2D eigenvalue weighted by Gasteiger charge is 2.18. The first-order chi connectivity index (χ1) is 16.6. The highest BCUT2D eigenvalue weighted by atomic mass is 16.6. The Balaban J connectivity index is 1.36. The highest BCUT2D eigenvalue weighted by molar-refractivity contribution is 6.01. The van der Waals surface area contributed by atoms with Crippen LogP contribution in [0.1, 0.15) is 26.2 Å². The summed E-state index contributed by atoms with van der Waals surface area (Å²) in [6.07, 6.45) is 0.675. The Morgan fingerprint density at radius 2 is 1.26 bits per heavy atom. The van der Waals surface area contributed by atoms with E-state index >= 15 is 0 Å². The number of carbonyl (C=O) groups is 2. The number of amides is 2. The van der Waals surface area contributed by atoms with Crippen LogP contribution in [0.2, 0.25) is 0 Å². The fourth-order valence-electron chi connectivity index (χ4n) is 3.88. The number of hydrogen-bond donors (Lipinski definition) is 2. The summed E-state index contributed by atoms with van der Waals surface area (Å²) >= 11 is 0. The van der Waals surface area contributed by atoms with Crippen LogP contribution in [0.25, 0.3) is 21.5 Å². The van der Waals surface area contributed by atoms with E-state index in [1.807, 2.05) is 84.9 Å². The van der Waals surface area contributed by atoms with Gasteiger partial charge in [0.25, 0.3) is 0 Å².